The fourth-order valence-corrected chi connectivity index (χ4v) is 3.13. The van der Waals surface area contributed by atoms with Crippen molar-refractivity contribution in [2.45, 2.75) is 6.92 Å². The number of para-hydroxylation sites is 2. The SMILES string of the molecule is Cc1cn2c(c(Cl)nc3ccccc32)c1[C]1[CH][CH][CH][CH]1. The van der Waals surface area contributed by atoms with Crippen molar-refractivity contribution in [2.24, 2.45) is 0 Å². The van der Waals surface area contributed by atoms with Crippen molar-refractivity contribution in [3.8, 4) is 0 Å². The van der Waals surface area contributed by atoms with E-state index in [0.717, 1.165) is 16.6 Å². The number of benzene rings is 1. The van der Waals surface area contributed by atoms with Gasteiger partial charge in [-0.3, -0.25) is 0 Å². The molecule has 0 saturated heterocycles. The van der Waals surface area contributed by atoms with Crippen molar-refractivity contribution in [1.29, 1.82) is 0 Å². The molecule has 20 heavy (non-hydrogen) atoms. The van der Waals surface area contributed by atoms with Gasteiger partial charge in [-0.25, -0.2) is 4.98 Å². The largest absolute Gasteiger partial charge is 0.312 e. The van der Waals surface area contributed by atoms with Gasteiger partial charge in [0.05, 0.1) is 16.6 Å². The second-order valence-electron chi connectivity index (χ2n) is 4.97. The van der Waals surface area contributed by atoms with Crippen LogP contribution in [0.5, 0.6) is 0 Å². The first-order valence-electron chi connectivity index (χ1n) is 6.53. The molecule has 2 nitrogen and oxygen atoms in total. The van der Waals surface area contributed by atoms with Crippen LogP contribution in [-0.2, 0) is 0 Å². The van der Waals surface area contributed by atoms with Crippen LogP contribution in [0.4, 0.5) is 0 Å². The van der Waals surface area contributed by atoms with Gasteiger partial charge in [0.15, 0.2) is 5.15 Å². The number of hydrogen-bond acceptors (Lipinski definition) is 1. The normalized spacial score (nSPS) is 16.5. The van der Waals surface area contributed by atoms with E-state index in [1.807, 2.05) is 31.0 Å². The van der Waals surface area contributed by atoms with E-state index in [9.17, 15) is 0 Å². The van der Waals surface area contributed by atoms with Crippen LogP contribution >= 0.6 is 11.6 Å². The number of aryl methyl sites for hydroxylation is 1. The zero-order valence-electron chi connectivity index (χ0n) is 11.0. The van der Waals surface area contributed by atoms with Crippen molar-refractivity contribution < 1.29 is 0 Å². The van der Waals surface area contributed by atoms with E-state index in [4.69, 9.17) is 11.6 Å². The Morgan fingerprint density at radius 1 is 1.10 bits per heavy atom. The molecular weight excluding hydrogens is 268 g/mol. The minimum Gasteiger partial charge on any atom is -0.312 e. The van der Waals surface area contributed by atoms with E-state index in [-0.39, 0.29) is 0 Å². The third kappa shape index (κ3) is 1.68. The van der Waals surface area contributed by atoms with Gasteiger partial charge in [0.25, 0.3) is 0 Å². The topological polar surface area (TPSA) is 17.3 Å². The van der Waals surface area contributed by atoms with Gasteiger partial charge in [0.1, 0.15) is 0 Å². The van der Waals surface area contributed by atoms with Gasteiger partial charge in [-0.15, -0.1) is 0 Å². The molecule has 2 aromatic heterocycles. The van der Waals surface area contributed by atoms with Crippen LogP contribution < -0.4 is 0 Å². The third-order valence-corrected chi connectivity index (χ3v) is 3.96. The Kier molecular flexibility index (Phi) is 2.74. The smallest absolute Gasteiger partial charge is 0.154 e. The van der Waals surface area contributed by atoms with Crippen LogP contribution in [0.3, 0.4) is 0 Å². The van der Waals surface area contributed by atoms with E-state index < -0.39 is 0 Å². The molecule has 0 unspecified atom stereocenters. The molecule has 1 aliphatic rings. The predicted molar refractivity (Wildman–Crippen MR) is 82.0 cm³/mol. The Bertz CT molecular complexity index is 797. The molecule has 0 spiro atoms. The summed E-state index contributed by atoms with van der Waals surface area (Å²) in [6.07, 6.45) is 10.4. The molecule has 0 N–H and O–H groups in total. The molecule has 1 fully saturated rings. The van der Waals surface area contributed by atoms with E-state index in [2.05, 4.69) is 41.4 Å². The summed E-state index contributed by atoms with van der Waals surface area (Å²) in [5.74, 6) is 1.18. The second-order valence-corrected chi connectivity index (χ2v) is 5.33. The van der Waals surface area contributed by atoms with Crippen LogP contribution in [0.2, 0.25) is 5.15 Å². The fraction of sp³-hybridized carbons (Fsp3) is 0.0588. The maximum Gasteiger partial charge on any atom is 0.154 e. The van der Waals surface area contributed by atoms with E-state index in [0.29, 0.717) is 5.15 Å². The minimum absolute atomic E-state index is 0.549. The average Bonchev–Trinajstić information content (AvgIpc) is 3.05. The Labute approximate surface area is 123 Å². The van der Waals surface area contributed by atoms with Crippen LogP contribution in [0.15, 0.2) is 30.5 Å². The number of hydrogen-bond donors (Lipinski definition) is 0. The standard InChI is InChI=1S/C17H12ClN2/c1-11-10-20-14-9-5-4-8-13(14)19-17(18)16(20)15(11)12-6-2-3-7-12/h2-10H,1H3. The first kappa shape index (κ1) is 12.2. The van der Waals surface area contributed by atoms with Crippen molar-refractivity contribution in [3.05, 3.63) is 78.3 Å². The third-order valence-electron chi connectivity index (χ3n) is 3.70. The van der Waals surface area contributed by atoms with E-state index >= 15 is 0 Å². The molecule has 3 aromatic rings. The fourth-order valence-electron chi connectivity index (χ4n) is 2.85. The number of rotatable bonds is 1. The van der Waals surface area contributed by atoms with Crippen LogP contribution in [0.25, 0.3) is 16.6 Å². The summed E-state index contributed by atoms with van der Waals surface area (Å²) >= 11 is 6.44. The molecule has 5 radical (unpaired) electrons. The number of halogens is 1. The number of aromatic nitrogens is 2. The van der Waals surface area contributed by atoms with Crippen LogP contribution in [-0.4, -0.2) is 9.38 Å². The molecule has 0 bridgehead atoms. The Morgan fingerprint density at radius 3 is 2.65 bits per heavy atom. The average molecular weight is 280 g/mol. The molecule has 0 aliphatic heterocycles. The summed E-state index contributed by atoms with van der Waals surface area (Å²) in [5, 5.41) is 0.549. The van der Waals surface area contributed by atoms with Crippen molar-refractivity contribution >= 4 is 28.2 Å². The lowest BCUT2D eigenvalue weighted by Gasteiger charge is -2.10. The molecule has 2 heterocycles. The van der Waals surface area contributed by atoms with E-state index in [1.54, 1.807) is 0 Å². The zero-order chi connectivity index (χ0) is 13.7. The highest BCUT2D eigenvalue weighted by molar-refractivity contribution is 6.33. The zero-order valence-corrected chi connectivity index (χ0v) is 11.7. The molecule has 0 atom stereocenters. The second kappa shape index (κ2) is 4.49. The number of fused-ring (bicyclic) bond motifs is 3. The van der Waals surface area contributed by atoms with Crippen LogP contribution in [0.1, 0.15) is 11.1 Å². The highest BCUT2D eigenvalue weighted by Gasteiger charge is 2.25. The minimum atomic E-state index is 0.549. The molecule has 4 rings (SSSR count). The maximum atomic E-state index is 6.44. The summed E-state index contributed by atoms with van der Waals surface area (Å²) in [6.45, 7) is 2.11. The molecule has 1 aliphatic carbocycles. The lowest BCUT2D eigenvalue weighted by Crippen LogP contribution is -1.98. The van der Waals surface area contributed by atoms with Gasteiger partial charge in [-0.05, 0) is 55.9 Å². The van der Waals surface area contributed by atoms with E-state index in [1.165, 1.54) is 17.0 Å². The van der Waals surface area contributed by atoms with Crippen LogP contribution in [0, 0.1) is 38.5 Å². The summed E-state index contributed by atoms with van der Waals surface area (Å²) in [4.78, 5) is 4.53. The van der Waals surface area contributed by atoms with Gasteiger partial charge in [0.2, 0.25) is 0 Å². The molecule has 97 valence electrons. The van der Waals surface area contributed by atoms with Gasteiger partial charge < -0.3 is 4.40 Å². The lowest BCUT2D eigenvalue weighted by molar-refractivity contribution is 1.21. The highest BCUT2D eigenvalue weighted by Crippen LogP contribution is 2.38. The van der Waals surface area contributed by atoms with Crippen molar-refractivity contribution in [2.75, 3.05) is 0 Å². The van der Waals surface area contributed by atoms with Crippen molar-refractivity contribution in [1.82, 2.24) is 9.38 Å². The first-order chi connectivity index (χ1) is 9.75. The summed E-state index contributed by atoms with van der Waals surface area (Å²) in [5.41, 5.74) is 5.34. The molecular formula is C17H12ClN2. The summed E-state index contributed by atoms with van der Waals surface area (Å²) in [7, 11) is 0. The monoisotopic (exact) mass is 279 g/mol. The Balaban J connectivity index is 2.10. The summed E-state index contributed by atoms with van der Waals surface area (Å²) in [6, 6.07) is 8.05. The Morgan fingerprint density at radius 2 is 1.85 bits per heavy atom. The van der Waals surface area contributed by atoms with Gasteiger partial charge in [-0.2, -0.15) is 0 Å². The Hall–Kier alpha value is -1.54. The molecule has 0 amide bonds. The van der Waals surface area contributed by atoms with Gasteiger partial charge >= 0.3 is 0 Å². The quantitative estimate of drug-likeness (QED) is 0.652. The molecule has 3 heteroatoms. The molecule has 1 aromatic carbocycles. The summed E-state index contributed by atoms with van der Waals surface area (Å²) < 4.78 is 2.14. The van der Waals surface area contributed by atoms with Crippen molar-refractivity contribution in [3.63, 3.8) is 0 Å². The van der Waals surface area contributed by atoms with Gasteiger partial charge in [-0.1, -0.05) is 23.7 Å². The predicted octanol–water partition coefficient (Wildman–Crippen LogP) is 4.20. The van der Waals surface area contributed by atoms with Gasteiger partial charge in [0, 0.05) is 12.1 Å². The first-order valence-corrected chi connectivity index (χ1v) is 6.91. The maximum absolute atomic E-state index is 6.44. The highest BCUT2D eigenvalue weighted by atomic mass is 35.5. The lowest BCUT2D eigenvalue weighted by atomic mass is 9.96. The number of nitrogens with zero attached hydrogens (tertiary/aromatic N) is 2. The molecule has 1 saturated carbocycles.